The zero-order valence-corrected chi connectivity index (χ0v) is 19.0. The quantitative estimate of drug-likeness (QED) is 0.300. The predicted molar refractivity (Wildman–Crippen MR) is 125 cm³/mol. The lowest BCUT2D eigenvalue weighted by Gasteiger charge is -2.26. The first kappa shape index (κ1) is 21.6. The van der Waals surface area contributed by atoms with Crippen LogP contribution in [0.3, 0.4) is 0 Å². The predicted octanol–water partition coefficient (Wildman–Crippen LogP) is 5.10. The first-order chi connectivity index (χ1) is 15.3. The molecule has 1 heterocycles. The molecule has 0 spiro atoms. The van der Waals surface area contributed by atoms with Crippen LogP contribution in [-0.4, -0.2) is 29.0 Å². The molecule has 1 atom stereocenters. The Hall–Kier alpha value is -3.58. The number of nitrogens with zero attached hydrogens (tertiary/aromatic N) is 1. The molecular weight excluding hydrogens is 474 g/mol. The number of halogens is 1. The van der Waals surface area contributed by atoms with Gasteiger partial charge in [-0.3, -0.25) is 14.5 Å². The molecule has 0 unspecified atom stereocenters. The Balaban J connectivity index is 1.94. The maximum absolute atomic E-state index is 13.2. The average Bonchev–Trinajstić information content (AvgIpc) is 3.06. The van der Waals surface area contributed by atoms with Crippen molar-refractivity contribution < 1.29 is 24.5 Å². The third-order valence-corrected chi connectivity index (χ3v) is 6.28. The number of phenols is 1. The summed E-state index contributed by atoms with van der Waals surface area (Å²) in [6, 6.07) is 17.3. The summed E-state index contributed by atoms with van der Waals surface area (Å²) in [5.74, 6) is -1.28. The fraction of sp³-hybridized carbons (Fsp3) is 0.120. The van der Waals surface area contributed by atoms with Gasteiger partial charge in [-0.1, -0.05) is 34.1 Å². The minimum absolute atomic E-state index is 0.0115. The van der Waals surface area contributed by atoms with Crippen molar-refractivity contribution >= 4 is 39.1 Å². The van der Waals surface area contributed by atoms with Crippen molar-refractivity contribution in [1.82, 2.24) is 0 Å². The van der Waals surface area contributed by atoms with E-state index in [-0.39, 0.29) is 17.1 Å². The Morgan fingerprint density at radius 3 is 2.38 bits per heavy atom. The van der Waals surface area contributed by atoms with Crippen molar-refractivity contribution in [3.05, 3.63) is 93.5 Å². The lowest BCUT2D eigenvalue weighted by Crippen LogP contribution is -2.29. The van der Waals surface area contributed by atoms with Crippen molar-refractivity contribution in [3.63, 3.8) is 0 Å². The van der Waals surface area contributed by atoms with E-state index >= 15 is 0 Å². The summed E-state index contributed by atoms with van der Waals surface area (Å²) in [6.07, 6.45) is 0. The second-order valence-corrected chi connectivity index (χ2v) is 8.28. The highest BCUT2D eigenvalue weighted by Crippen LogP contribution is 2.43. The number of carbonyl (C=O) groups excluding carboxylic acids is 2. The minimum atomic E-state index is -0.918. The molecular formula is C25H20BrNO5. The Kier molecular flexibility index (Phi) is 5.76. The van der Waals surface area contributed by atoms with E-state index in [2.05, 4.69) is 15.9 Å². The summed E-state index contributed by atoms with van der Waals surface area (Å²) in [4.78, 5) is 27.6. The Morgan fingerprint density at radius 1 is 1.03 bits per heavy atom. The number of ketones is 1. The molecule has 162 valence electrons. The summed E-state index contributed by atoms with van der Waals surface area (Å²) in [5.41, 5.74) is 2.28. The number of hydrogen-bond donors (Lipinski definition) is 2. The minimum Gasteiger partial charge on any atom is -0.508 e. The SMILES string of the molecule is COc1ccc(C(O)=C2C(=O)C(=O)N(c3ccc(C)c(Br)c3)[C@@H]2c2cccc(O)c2)cc1. The van der Waals surface area contributed by atoms with Gasteiger partial charge >= 0.3 is 0 Å². The van der Waals surface area contributed by atoms with Crippen LogP contribution in [0.4, 0.5) is 5.69 Å². The molecule has 0 aliphatic carbocycles. The average molecular weight is 494 g/mol. The summed E-state index contributed by atoms with van der Waals surface area (Å²) in [6.45, 7) is 1.92. The molecule has 0 aromatic heterocycles. The number of Topliss-reactive ketones (excluding diaryl/α,β-unsaturated/α-hetero) is 1. The summed E-state index contributed by atoms with van der Waals surface area (Å²) in [5, 5.41) is 21.2. The van der Waals surface area contributed by atoms with E-state index in [0.29, 0.717) is 22.6 Å². The molecule has 32 heavy (non-hydrogen) atoms. The van der Waals surface area contributed by atoms with Gasteiger partial charge in [0.1, 0.15) is 17.3 Å². The van der Waals surface area contributed by atoms with Gasteiger partial charge in [0.05, 0.1) is 18.7 Å². The number of rotatable bonds is 4. The van der Waals surface area contributed by atoms with Gasteiger partial charge in [-0.2, -0.15) is 0 Å². The number of benzene rings is 3. The van der Waals surface area contributed by atoms with Crippen LogP contribution in [0.5, 0.6) is 11.5 Å². The van der Waals surface area contributed by atoms with Crippen LogP contribution in [0.1, 0.15) is 22.7 Å². The molecule has 4 rings (SSSR count). The summed E-state index contributed by atoms with van der Waals surface area (Å²) in [7, 11) is 1.53. The van der Waals surface area contributed by atoms with Gasteiger partial charge in [0, 0.05) is 15.7 Å². The first-order valence-corrected chi connectivity index (χ1v) is 10.6. The van der Waals surface area contributed by atoms with Crippen LogP contribution >= 0.6 is 15.9 Å². The van der Waals surface area contributed by atoms with Gasteiger partial charge in [-0.25, -0.2) is 0 Å². The lowest BCUT2D eigenvalue weighted by atomic mass is 9.95. The highest BCUT2D eigenvalue weighted by molar-refractivity contribution is 9.10. The number of hydrogen-bond acceptors (Lipinski definition) is 5. The monoisotopic (exact) mass is 493 g/mol. The molecule has 1 amide bonds. The molecule has 1 saturated heterocycles. The zero-order chi connectivity index (χ0) is 23.0. The molecule has 1 fully saturated rings. The number of phenolic OH excluding ortho intramolecular Hbond substituents is 1. The van der Waals surface area contributed by atoms with Crippen molar-refractivity contribution in [2.24, 2.45) is 0 Å². The number of aromatic hydroxyl groups is 1. The number of methoxy groups -OCH3 is 1. The van der Waals surface area contributed by atoms with E-state index in [0.717, 1.165) is 10.0 Å². The number of anilines is 1. The molecule has 6 nitrogen and oxygen atoms in total. The molecule has 7 heteroatoms. The fourth-order valence-corrected chi connectivity index (χ4v) is 4.11. The van der Waals surface area contributed by atoms with Gasteiger partial charge in [-0.05, 0) is 66.6 Å². The van der Waals surface area contributed by atoms with E-state index in [1.54, 1.807) is 48.5 Å². The van der Waals surface area contributed by atoms with Crippen LogP contribution in [0.25, 0.3) is 5.76 Å². The van der Waals surface area contributed by atoms with Crippen molar-refractivity contribution in [3.8, 4) is 11.5 Å². The topological polar surface area (TPSA) is 87.1 Å². The van der Waals surface area contributed by atoms with Gasteiger partial charge < -0.3 is 14.9 Å². The van der Waals surface area contributed by atoms with Crippen molar-refractivity contribution in [2.75, 3.05) is 12.0 Å². The highest BCUT2D eigenvalue weighted by Gasteiger charge is 2.47. The molecule has 3 aromatic carbocycles. The number of amides is 1. The van der Waals surface area contributed by atoms with Crippen LogP contribution in [-0.2, 0) is 9.59 Å². The zero-order valence-electron chi connectivity index (χ0n) is 17.4. The van der Waals surface area contributed by atoms with Crippen LogP contribution in [0.15, 0.2) is 76.8 Å². The molecule has 3 aromatic rings. The Bertz CT molecular complexity index is 1250. The van der Waals surface area contributed by atoms with E-state index in [1.807, 2.05) is 13.0 Å². The molecule has 1 aliphatic heterocycles. The second kappa shape index (κ2) is 8.51. The molecule has 0 bridgehead atoms. The molecule has 0 saturated carbocycles. The van der Waals surface area contributed by atoms with Gasteiger partial charge in [0.15, 0.2) is 0 Å². The van der Waals surface area contributed by atoms with Crippen LogP contribution in [0.2, 0.25) is 0 Å². The Morgan fingerprint density at radius 2 is 1.75 bits per heavy atom. The van der Waals surface area contributed by atoms with Crippen molar-refractivity contribution in [2.45, 2.75) is 13.0 Å². The summed E-state index contributed by atoms with van der Waals surface area (Å²) >= 11 is 3.47. The molecule has 1 aliphatic rings. The standard InChI is InChI=1S/C25H20BrNO5/c1-14-6-9-17(13-20(14)26)27-22(16-4-3-5-18(28)12-16)21(24(30)25(27)31)23(29)15-7-10-19(32-2)11-8-15/h3-13,22,28-29H,1-2H3/t22-/m1/s1. The first-order valence-electron chi connectivity index (χ1n) is 9.82. The fourth-order valence-electron chi connectivity index (χ4n) is 3.75. The number of aryl methyl sites for hydroxylation is 1. The van der Waals surface area contributed by atoms with E-state index < -0.39 is 17.7 Å². The smallest absolute Gasteiger partial charge is 0.300 e. The number of ether oxygens (including phenoxy) is 1. The second-order valence-electron chi connectivity index (χ2n) is 7.43. The maximum atomic E-state index is 13.2. The van der Waals surface area contributed by atoms with Crippen molar-refractivity contribution in [1.29, 1.82) is 0 Å². The number of carbonyl (C=O) groups is 2. The normalized spacial score (nSPS) is 17.6. The Labute approximate surface area is 193 Å². The highest BCUT2D eigenvalue weighted by atomic mass is 79.9. The summed E-state index contributed by atoms with van der Waals surface area (Å²) < 4.78 is 5.93. The van der Waals surface area contributed by atoms with E-state index in [9.17, 15) is 19.8 Å². The number of aliphatic hydroxyl groups is 1. The van der Waals surface area contributed by atoms with Gasteiger partial charge in [0.25, 0.3) is 11.7 Å². The van der Waals surface area contributed by atoms with Gasteiger partial charge in [0.2, 0.25) is 0 Å². The van der Waals surface area contributed by atoms with E-state index in [4.69, 9.17) is 4.74 Å². The largest absolute Gasteiger partial charge is 0.508 e. The lowest BCUT2D eigenvalue weighted by molar-refractivity contribution is -0.132. The molecule has 2 N–H and O–H groups in total. The van der Waals surface area contributed by atoms with E-state index in [1.165, 1.54) is 24.1 Å². The third-order valence-electron chi connectivity index (χ3n) is 5.43. The maximum Gasteiger partial charge on any atom is 0.300 e. The third kappa shape index (κ3) is 3.76. The van der Waals surface area contributed by atoms with Crippen LogP contribution < -0.4 is 9.64 Å². The van der Waals surface area contributed by atoms with Crippen LogP contribution in [0, 0.1) is 6.92 Å². The molecule has 0 radical (unpaired) electrons. The number of aliphatic hydroxyl groups excluding tert-OH is 1. The van der Waals surface area contributed by atoms with Gasteiger partial charge in [-0.15, -0.1) is 0 Å².